The average Bonchev–Trinajstić information content (AvgIpc) is 2.92. The molecule has 6 heteroatoms. The molecule has 3 aromatic rings. The summed E-state index contributed by atoms with van der Waals surface area (Å²) in [5.41, 5.74) is 8.36. The molecule has 6 nitrogen and oxygen atoms in total. The number of hydrogen-bond acceptors (Lipinski definition) is 5. The van der Waals surface area contributed by atoms with E-state index >= 15 is 0 Å². The van der Waals surface area contributed by atoms with Crippen LogP contribution in [0.1, 0.15) is 5.56 Å². The molecule has 0 spiro atoms. The van der Waals surface area contributed by atoms with Crippen molar-refractivity contribution in [2.45, 2.75) is 6.92 Å². The number of benzene rings is 1. The van der Waals surface area contributed by atoms with Crippen LogP contribution >= 0.6 is 0 Å². The standard InChI is InChI=1S/C13H12N6/c1-9-7-8-15-13(11(9)14)19-17-12(16-18-19)10-5-3-2-4-6-10/h2-8H,14H2,1H3. The average molecular weight is 252 g/mol. The van der Waals surface area contributed by atoms with Gasteiger partial charge in [-0.1, -0.05) is 30.3 Å². The Labute approximate surface area is 109 Å². The number of anilines is 1. The quantitative estimate of drug-likeness (QED) is 0.749. The van der Waals surface area contributed by atoms with Crippen LogP contribution in [-0.4, -0.2) is 25.2 Å². The molecule has 0 saturated carbocycles. The normalized spacial score (nSPS) is 10.6. The molecule has 0 aliphatic rings. The van der Waals surface area contributed by atoms with Crippen LogP contribution in [-0.2, 0) is 0 Å². The Hall–Kier alpha value is -2.76. The lowest BCUT2D eigenvalue weighted by Crippen LogP contribution is -2.07. The molecule has 0 atom stereocenters. The van der Waals surface area contributed by atoms with Crippen LogP contribution in [0.25, 0.3) is 17.2 Å². The first kappa shape index (κ1) is 11.3. The minimum atomic E-state index is 0.495. The molecule has 0 saturated heterocycles. The van der Waals surface area contributed by atoms with Gasteiger partial charge in [-0.05, 0) is 23.8 Å². The largest absolute Gasteiger partial charge is 0.395 e. The van der Waals surface area contributed by atoms with E-state index in [1.165, 1.54) is 4.80 Å². The van der Waals surface area contributed by atoms with Gasteiger partial charge in [0.05, 0.1) is 5.69 Å². The Morgan fingerprint density at radius 2 is 1.89 bits per heavy atom. The second-order valence-corrected chi connectivity index (χ2v) is 4.13. The van der Waals surface area contributed by atoms with Gasteiger partial charge in [0.2, 0.25) is 5.82 Å². The predicted octanol–water partition coefficient (Wildman–Crippen LogP) is 1.61. The maximum atomic E-state index is 5.97. The van der Waals surface area contributed by atoms with Crippen LogP contribution in [0.4, 0.5) is 5.69 Å². The third kappa shape index (κ3) is 2.03. The maximum Gasteiger partial charge on any atom is 0.205 e. The summed E-state index contributed by atoms with van der Waals surface area (Å²) in [6, 6.07) is 11.5. The van der Waals surface area contributed by atoms with Crippen molar-refractivity contribution in [2.75, 3.05) is 5.73 Å². The Morgan fingerprint density at radius 3 is 2.68 bits per heavy atom. The van der Waals surface area contributed by atoms with Crippen molar-refractivity contribution in [2.24, 2.45) is 0 Å². The van der Waals surface area contributed by atoms with Gasteiger partial charge in [0.15, 0.2) is 5.82 Å². The molecular formula is C13H12N6. The molecule has 19 heavy (non-hydrogen) atoms. The van der Waals surface area contributed by atoms with Crippen molar-refractivity contribution in [1.82, 2.24) is 25.2 Å². The van der Waals surface area contributed by atoms with Crippen molar-refractivity contribution in [3.05, 3.63) is 48.2 Å². The highest BCUT2D eigenvalue weighted by Crippen LogP contribution is 2.18. The molecule has 0 aliphatic heterocycles. The van der Waals surface area contributed by atoms with Crippen LogP contribution in [0.5, 0.6) is 0 Å². The van der Waals surface area contributed by atoms with Crippen molar-refractivity contribution < 1.29 is 0 Å². The molecule has 0 radical (unpaired) electrons. The number of aromatic nitrogens is 5. The first-order chi connectivity index (χ1) is 9.25. The highest BCUT2D eigenvalue weighted by atomic mass is 15.6. The summed E-state index contributed by atoms with van der Waals surface area (Å²) >= 11 is 0. The van der Waals surface area contributed by atoms with E-state index in [4.69, 9.17) is 5.73 Å². The van der Waals surface area contributed by atoms with Gasteiger partial charge in [-0.25, -0.2) is 4.98 Å². The van der Waals surface area contributed by atoms with Gasteiger partial charge in [-0.2, -0.15) is 0 Å². The van der Waals surface area contributed by atoms with E-state index in [1.807, 2.05) is 43.3 Å². The second-order valence-electron chi connectivity index (χ2n) is 4.13. The fourth-order valence-corrected chi connectivity index (χ4v) is 1.72. The molecular weight excluding hydrogens is 240 g/mol. The predicted molar refractivity (Wildman–Crippen MR) is 71.5 cm³/mol. The third-order valence-electron chi connectivity index (χ3n) is 2.82. The monoisotopic (exact) mass is 252 g/mol. The highest BCUT2D eigenvalue weighted by Gasteiger charge is 2.11. The molecule has 2 heterocycles. The number of pyridine rings is 1. The van der Waals surface area contributed by atoms with E-state index in [0.29, 0.717) is 17.3 Å². The molecule has 94 valence electrons. The highest BCUT2D eigenvalue weighted by molar-refractivity contribution is 5.58. The fraction of sp³-hybridized carbons (Fsp3) is 0.0769. The van der Waals surface area contributed by atoms with Gasteiger partial charge in [0, 0.05) is 11.8 Å². The number of nitrogens with zero attached hydrogens (tertiary/aromatic N) is 5. The van der Waals surface area contributed by atoms with E-state index in [2.05, 4.69) is 20.4 Å². The summed E-state index contributed by atoms with van der Waals surface area (Å²) in [6.45, 7) is 1.91. The summed E-state index contributed by atoms with van der Waals surface area (Å²) in [6.07, 6.45) is 1.67. The van der Waals surface area contributed by atoms with Crippen LogP contribution < -0.4 is 5.73 Å². The number of nitrogens with two attached hydrogens (primary N) is 1. The smallest absolute Gasteiger partial charge is 0.205 e. The Morgan fingerprint density at radius 1 is 1.11 bits per heavy atom. The lowest BCUT2D eigenvalue weighted by Gasteiger charge is -2.03. The molecule has 2 aromatic heterocycles. The van der Waals surface area contributed by atoms with Gasteiger partial charge in [-0.3, -0.25) is 0 Å². The van der Waals surface area contributed by atoms with Gasteiger partial charge >= 0.3 is 0 Å². The third-order valence-corrected chi connectivity index (χ3v) is 2.82. The summed E-state index contributed by atoms with van der Waals surface area (Å²) < 4.78 is 0. The van der Waals surface area contributed by atoms with Crippen LogP contribution in [0.3, 0.4) is 0 Å². The number of nitrogen functional groups attached to an aromatic ring is 1. The zero-order valence-corrected chi connectivity index (χ0v) is 10.4. The summed E-state index contributed by atoms with van der Waals surface area (Å²) in [4.78, 5) is 5.54. The summed E-state index contributed by atoms with van der Waals surface area (Å²) in [5.74, 6) is 1.04. The van der Waals surface area contributed by atoms with E-state index in [9.17, 15) is 0 Å². The number of tetrazole rings is 1. The Kier molecular flexibility index (Phi) is 2.68. The van der Waals surface area contributed by atoms with Crippen LogP contribution in [0.15, 0.2) is 42.6 Å². The Balaban J connectivity index is 2.05. The topological polar surface area (TPSA) is 82.5 Å². The van der Waals surface area contributed by atoms with Crippen molar-refractivity contribution in [1.29, 1.82) is 0 Å². The molecule has 2 N–H and O–H groups in total. The maximum absolute atomic E-state index is 5.97. The zero-order valence-electron chi connectivity index (χ0n) is 10.4. The second kappa shape index (κ2) is 4.49. The van der Waals surface area contributed by atoms with Crippen LogP contribution in [0, 0.1) is 6.92 Å². The van der Waals surface area contributed by atoms with Gasteiger partial charge in [0.25, 0.3) is 0 Å². The first-order valence-corrected chi connectivity index (χ1v) is 5.82. The number of aryl methyl sites for hydroxylation is 1. The molecule has 0 amide bonds. The van der Waals surface area contributed by atoms with Gasteiger partial charge in [0.1, 0.15) is 0 Å². The van der Waals surface area contributed by atoms with Crippen molar-refractivity contribution in [3.8, 4) is 17.2 Å². The first-order valence-electron chi connectivity index (χ1n) is 5.82. The molecule has 1 aromatic carbocycles. The van der Waals surface area contributed by atoms with Gasteiger partial charge in [-0.15, -0.1) is 15.0 Å². The minimum absolute atomic E-state index is 0.495. The molecule has 3 rings (SSSR count). The van der Waals surface area contributed by atoms with E-state index in [0.717, 1.165) is 11.1 Å². The van der Waals surface area contributed by atoms with E-state index in [-0.39, 0.29) is 0 Å². The zero-order chi connectivity index (χ0) is 13.2. The fourth-order valence-electron chi connectivity index (χ4n) is 1.72. The lowest BCUT2D eigenvalue weighted by molar-refractivity contribution is 0.702. The summed E-state index contributed by atoms with van der Waals surface area (Å²) in [7, 11) is 0. The van der Waals surface area contributed by atoms with Crippen LogP contribution in [0.2, 0.25) is 0 Å². The van der Waals surface area contributed by atoms with Crippen molar-refractivity contribution in [3.63, 3.8) is 0 Å². The summed E-state index contributed by atoms with van der Waals surface area (Å²) in [5, 5.41) is 12.3. The Bertz CT molecular complexity index is 704. The van der Waals surface area contributed by atoms with E-state index in [1.54, 1.807) is 6.20 Å². The lowest BCUT2D eigenvalue weighted by atomic mass is 10.2. The molecule has 0 aliphatic carbocycles. The molecule has 0 fully saturated rings. The van der Waals surface area contributed by atoms with E-state index < -0.39 is 0 Å². The van der Waals surface area contributed by atoms with Crippen molar-refractivity contribution >= 4 is 5.69 Å². The minimum Gasteiger partial charge on any atom is -0.395 e. The number of rotatable bonds is 2. The van der Waals surface area contributed by atoms with Gasteiger partial charge < -0.3 is 5.73 Å². The number of hydrogen-bond donors (Lipinski definition) is 1. The SMILES string of the molecule is Cc1ccnc(-n2nnc(-c3ccccc3)n2)c1N. The molecule has 0 bridgehead atoms. The molecule has 0 unspecified atom stereocenters.